The number of hydrogen-bond donors (Lipinski definition) is 1. The maximum Gasteiger partial charge on any atom is 0.227 e. The number of aromatic nitrogens is 4. The average molecular weight is 312 g/mol. The molecule has 1 unspecified atom stereocenters. The fourth-order valence-corrected chi connectivity index (χ4v) is 4.20. The van der Waals surface area contributed by atoms with Crippen LogP contribution in [0.15, 0.2) is 12.4 Å². The van der Waals surface area contributed by atoms with E-state index >= 15 is 0 Å². The third-order valence-corrected chi connectivity index (χ3v) is 5.34. The smallest absolute Gasteiger partial charge is 0.227 e. The molecule has 23 heavy (non-hydrogen) atoms. The van der Waals surface area contributed by atoms with E-state index in [0.29, 0.717) is 0 Å². The van der Waals surface area contributed by atoms with Crippen LogP contribution in [-0.4, -0.2) is 47.4 Å². The zero-order valence-corrected chi connectivity index (χ0v) is 14.1. The van der Waals surface area contributed by atoms with E-state index in [9.17, 15) is 0 Å². The summed E-state index contributed by atoms with van der Waals surface area (Å²) in [7, 11) is 4.06. The summed E-state index contributed by atoms with van der Waals surface area (Å²) < 4.78 is 0. The van der Waals surface area contributed by atoms with E-state index in [1.807, 2.05) is 26.5 Å². The molecular formula is C17H24N6. The molecule has 1 aliphatic carbocycles. The molecule has 0 bridgehead atoms. The summed E-state index contributed by atoms with van der Waals surface area (Å²) in [6.07, 6.45) is 8.68. The summed E-state index contributed by atoms with van der Waals surface area (Å²) in [4.78, 5) is 13.8. The molecule has 0 radical (unpaired) electrons. The lowest BCUT2D eigenvalue weighted by molar-refractivity contribution is 0.330. The van der Waals surface area contributed by atoms with Crippen molar-refractivity contribution in [3.63, 3.8) is 0 Å². The summed E-state index contributed by atoms with van der Waals surface area (Å²) >= 11 is 0. The molecule has 2 aromatic heterocycles. The predicted octanol–water partition coefficient (Wildman–Crippen LogP) is 2.06. The van der Waals surface area contributed by atoms with Gasteiger partial charge in [-0.1, -0.05) is 0 Å². The van der Waals surface area contributed by atoms with Gasteiger partial charge in [-0.15, -0.1) is 0 Å². The Morgan fingerprint density at radius 3 is 2.96 bits per heavy atom. The fraction of sp³-hybridized carbons (Fsp3) is 0.588. The van der Waals surface area contributed by atoms with E-state index in [1.54, 1.807) is 0 Å². The third-order valence-electron chi connectivity index (χ3n) is 5.34. The van der Waals surface area contributed by atoms with Crippen molar-refractivity contribution in [3.8, 4) is 0 Å². The maximum absolute atomic E-state index is 4.81. The van der Waals surface area contributed by atoms with Gasteiger partial charge < -0.3 is 9.80 Å². The van der Waals surface area contributed by atoms with Crippen molar-refractivity contribution in [2.75, 3.05) is 37.0 Å². The normalized spacial score (nSPS) is 23.3. The van der Waals surface area contributed by atoms with Gasteiger partial charge in [0.1, 0.15) is 5.82 Å². The first kappa shape index (κ1) is 14.5. The topological polar surface area (TPSA) is 60.9 Å². The molecule has 0 amide bonds. The van der Waals surface area contributed by atoms with Crippen molar-refractivity contribution in [1.29, 1.82) is 0 Å². The number of fused-ring (bicyclic) bond motifs is 2. The molecule has 4 rings (SSSR count). The minimum absolute atomic E-state index is 0.205. The van der Waals surface area contributed by atoms with Crippen LogP contribution in [0.1, 0.15) is 36.1 Å². The summed E-state index contributed by atoms with van der Waals surface area (Å²) in [6.45, 7) is 4.07. The molecule has 6 nitrogen and oxygen atoms in total. The molecule has 1 atom stereocenters. The summed E-state index contributed by atoms with van der Waals surface area (Å²) in [5, 5.41) is 7.52. The Morgan fingerprint density at radius 2 is 2.13 bits per heavy atom. The highest BCUT2D eigenvalue weighted by Gasteiger charge is 2.44. The van der Waals surface area contributed by atoms with Gasteiger partial charge in [0.15, 0.2) is 0 Å². The monoisotopic (exact) mass is 312 g/mol. The Kier molecular flexibility index (Phi) is 3.28. The molecule has 1 N–H and O–H groups in total. The van der Waals surface area contributed by atoms with E-state index < -0.39 is 0 Å². The Bertz CT molecular complexity index is 722. The van der Waals surface area contributed by atoms with Crippen LogP contribution in [0.4, 0.5) is 11.8 Å². The first-order valence-corrected chi connectivity index (χ1v) is 8.38. The van der Waals surface area contributed by atoms with E-state index in [0.717, 1.165) is 36.8 Å². The molecular weight excluding hydrogens is 288 g/mol. The lowest BCUT2D eigenvalue weighted by Crippen LogP contribution is -2.46. The molecule has 0 saturated carbocycles. The van der Waals surface area contributed by atoms with Crippen molar-refractivity contribution in [1.82, 2.24) is 20.2 Å². The molecule has 122 valence electrons. The van der Waals surface area contributed by atoms with Crippen LogP contribution in [0, 0.1) is 6.92 Å². The summed E-state index contributed by atoms with van der Waals surface area (Å²) in [5.74, 6) is 1.86. The molecule has 1 aliphatic heterocycles. The van der Waals surface area contributed by atoms with Gasteiger partial charge in [0.05, 0.1) is 6.20 Å². The third kappa shape index (κ3) is 2.28. The van der Waals surface area contributed by atoms with Crippen LogP contribution in [0.3, 0.4) is 0 Å². The lowest BCUT2D eigenvalue weighted by Gasteiger charge is -2.40. The second-order valence-electron chi connectivity index (χ2n) is 7.15. The second-order valence-corrected chi connectivity index (χ2v) is 7.15. The van der Waals surface area contributed by atoms with Crippen molar-refractivity contribution in [3.05, 3.63) is 29.2 Å². The molecule has 2 aliphatic rings. The number of hydrogen-bond acceptors (Lipinski definition) is 5. The lowest BCUT2D eigenvalue weighted by atomic mass is 9.78. The second kappa shape index (κ2) is 5.22. The number of H-pyrrole nitrogens is 1. The largest absolute Gasteiger partial charge is 0.362 e. The highest BCUT2D eigenvalue weighted by molar-refractivity contribution is 5.49. The van der Waals surface area contributed by atoms with Gasteiger partial charge in [-0.25, -0.2) is 4.98 Å². The first-order valence-electron chi connectivity index (χ1n) is 8.38. The minimum Gasteiger partial charge on any atom is -0.362 e. The molecule has 3 heterocycles. The maximum atomic E-state index is 4.81. The number of nitrogens with one attached hydrogen (secondary N) is 1. The molecule has 2 aromatic rings. The minimum atomic E-state index is 0.205. The van der Waals surface area contributed by atoms with Gasteiger partial charge in [0, 0.05) is 50.1 Å². The van der Waals surface area contributed by atoms with Crippen molar-refractivity contribution in [2.24, 2.45) is 0 Å². The van der Waals surface area contributed by atoms with Gasteiger partial charge in [-0.3, -0.25) is 5.10 Å². The van der Waals surface area contributed by atoms with E-state index in [2.05, 4.69) is 31.9 Å². The summed E-state index contributed by atoms with van der Waals surface area (Å²) in [6, 6.07) is 0. The number of nitrogens with zero attached hydrogens (tertiary/aromatic N) is 5. The van der Waals surface area contributed by atoms with Crippen LogP contribution in [-0.2, 0) is 11.8 Å². The number of rotatable bonds is 2. The van der Waals surface area contributed by atoms with Crippen molar-refractivity contribution >= 4 is 11.8 Å². The predicted molar refractivity (Wildman–Crippen MR) is 91.1 cm³/mol. The Hall–Kier alpha value is -2.11. The SMILES string of the molecule is Cc1cnc(N2CCCC3(CCc4cn[nH]c43)C2)nc1N(C)C. The molecule has 6 heteroatoms. The van der Waals surface area contributed by atoms with Gasteiger partial charge >= 0.3 is 0 Å². The molecule has 1 spiro atoms. The number of anilines is 2. The molecule has 0 aromatic carbocycles. The fourth-order valence-electron chi connectivity index (χ4n) is 4.20. The zero-order valence-electron chi connectivity index (χ0n) is 14.1. The summed E-state index contributed by atoms with van der Waals surface area (Å²) in [5.41, 5.74) is 4.06. The number of aryl methyl sites for hydroxylation is 2. The molecule has 1 fully saturated rings. The van der Waals surface area contributed by atoms with Crippen LogP contribution >= 0.6 is 0 Å². The van der Waals surface area contributed by atoms with Crippen molar-refractivity contribution < 1.29 is 0 Å². The Labute approximate surface area is 136 Å². The van der Waals surface area contributed by atoms with E-state index in [4.69, 9.17) is 4.98 Å². The quantitative estimate of drug-likeness (QED) is 0.920. The number of piperidine rings is 1. The average Bonchev–Trinajstić information content (AvgIpc) is 3.13. The van der Waals surface area contributed by atoms with Crippen LogP contribution in [0.5, 0.6) is 0 Å². The van der Waals surface area contributed by atoms with Gasteiger partial charge in [-0.05, 0) is 38.2 Å². The van der Waals surface area contributed by atoms with Crippen molar-refractivity contribution in [2.45, 2.75) is 38.0 Å². The van der Waals surface area contributed by atoms with Gasteiger partial charge in [-0.2, -0.15) is 10.1 Å². The standard InChI is InChI=1S/C17H24N6/c1-12-9-18-16(20-15(12)22(2)3)23-8-4-6-17(11-23)7-5-13-10-19-21-14(13)17/h9-10H,4-8,11H2,1-3H3,(H,19,21). The Balaban J connectivity index is 1.65. The van der Waals surface area contributed by atoms with E-state index in [1.165, 1.54) is 30.5 Å². The zero-order chi connectivity index (χ0) is 16.0. The molecule has 1 saturated heterocycles. The van der Waals surface area contributed by atoms with Gasteiger partial charge in [0.25, 0.3) is 0 Å². The van der Waals surface area contributed by atoms with Crippen LogP contribution < -0.4 is 9.80 Å². The van der Waals surface area contributed by atoms with Crippen LogP contribution in [0.25, 0.3) is 0 Å². The Morgan fingerprint density at radius 1 is 1.26 bits per heavy atom. The highest BCUT2D eigenvalue weighted by Crippen LogP contribution is 2.44. The van der Waals surface area contributed by atoms with Crippen LogP contribution in [0.2, 0.25) is 0 Å². The number of aromatic amines is 1. The highest BCUT2D eigenvalue weighted by atomic mass is 15.3. The van der Waals surface area contributed by atoms with Gasteiger partial charge in [0.2, 0.25) is 5.95 Å². The first-order chi connectivity index (χ1) is 11.1. The van der Waals surface area contributed by atoms with E-state index in [-0.39, 0.29) is 5.41 Å².